The van der Waals surface area contributed by atoms with E-state index in [-0.39, 0.29) is 11.8 Å². The average Bonchev–Trinajstić information content (AvgIpc) is 2.36. The Bertz CT molecular complexity index is 419. The van der Waals surface area contributed by atoms with Gasteiger partial charge in [-0.1, -0.05) is 19.4 Å². The number of amides is 1. The maximum absolute atomic E-state index is 11.7. The second-order valence-corrected chi connectivity index (χ2v) is 3.95. The number of nitriles is 1. The summed E-state index contributed by atoms with van der Waals surface area (Å²) in [5, 5.41) is 11.5. The molecule has 1 aromatic rings. The van der Waals surface area contributed by atoms with Crippen LogP contribution in [0.5, 0.6) is 0 Å². The molecule has 0 radical (unpaired) electrons. The summed E-state index contributed by atoms with van der Waals surface area (Å²) < 4.78 is 0. The Hall–Kier alpha value is -1.86. The third kappa shape index (κ3) is 4.25. The zero-order valence-corrected chi connectivity index (χ0v) is 9.94. The van der Waals surface area contributed by atoms with Crippen LogP contribution >= 0.6 is 0 Å². The van der Waals surface area contributed by atoms with Crippen molar-refractivity contribution in [2.75, 3.05) is 11.9 Å². The number of hydrogen-bond acceptors (Lipinski definition) is 3. The number of nitrogens with zero attached hydrogens (tertiary/aromatic N) is 1. The van der Waals surface area contributed by atoms with Crippen LogP contribution in [0, 0.1) is 17.2 Å². The highest BCUT2D eigenvalue weighted by Crippen LogP contribution is 2.12. The van der Waals surface area contributed by atoms with Crippen LogP contribution in [0.25, 0.3) is 0 Å². The molecule has 1 rings (SSSR count). The standard InChI is InChI=1S/C13H17N3O/c1-2-10(8-14)7-13(17)16-12-5-3-4-11(6-12)9-15/h3-6,10H,2,7-8,14H2,1H3,(H,16,17). The summed E-state index contributed by atoms with van der Waals surface area (Å²) in [5.74, 6) is 0.159. The number of rotatable bonds is 5. The summed E-state index contributed by atoms with van der Waals surface area (Å²) >= 11 is 0. The summed E-state index contributed by atoms with van der Waals surface area (Å²) in [7, 11) is 0. The van der Waals surface area contributed by atoms with Gasteiger partial charge >= 0.3 is 0 Å². The molecule has 0 aliphatic carbocycles. The minimum absolute atomic E-state index is 0.0580. The normalized spacial score (nSPS) is 11.6. The molecule has 0 fully saturated rings. The second kappa shape index (κ2) is 6.66. The molecule has 90 valence electrons. The highest BCUT2D eigenvalue weighted by molar-refractivity contribution is 5.91. The van der Waals surface area contributed by atoms with Crippen LogP contribution in [0.2, 0.25) is 0 Å². The summed E-state index contributed by atoms with van der Waals surface area (Å²) in [6.07, 6.45) is 1.31. The quantitative estimate of drug-likeness (QED) is 0.812. The molecule has 1 amide bonds. The van der Waals surface area contributed by atoms with E-state index < -0.39 is 0 Å². The van der Waals surface area contributed by atoms with E-state index in [0.717, 1.165) is 6.42 Å². The van der Waals surface area contributed by atoms with Crippen molar-refractivity contribution in [3.05, 3.63) is 29.8 Å². The molecule has 0 saturated heterocycles. The van der Waals surface area contributed by atoms with Crippen molar-refractivity contribution in [2.45, 2.75) is 19.8 Å². The van der Waals surface area contributed by atoms with E-state index in [1.165, 1.54) is 0 Å². The lowest BCUT2D eigenvalue weighted by molar-refractivity contribution is -0.117. The van der Waals surface area contributed by atoms with Crippen LogP contribution in [0.1, 0.15) is 25.3 Å². The SMILES string of the molecule is CCC(CN)CC(=O)Nc1cccc(C#N)c1. The van der Waals surface area contributed by atoms with Gasteiger partial charge in [-0.25, -0.2) is 0 Å². The highest BCUT2D eigenvalue weighted by Gasteiger charge is 2.10. The fraction of sp³-hybridized carbons (Fsp3) is 0.385. The lowest BCUT2D eigenvalue weighted by Crippen LogP contribution is -2.21. The lowest BCUT2D eigenvalue weighted by atomic mass is 10.0. The van der Waals surface area contributed by atoms with E-state index in [9.17, 15) is 4.79 Å². The number of nitrogens with one attached hydrogen (secondary N) is 1. The van der Waals surface area contributed by atoms with Crippen molar-refractivity contribution in [3.63, 3.8) is 0 Å². The summed E-state index contributed by atoms with van der Waals surface area (Å²) in [6, 6.07) is 8.90. The molecule has 1 unspecified atom stereocenters. The summed E-state index contributed by atoms with van der Waals surface area (Å²) in [4.78, 5) is 11.7. The lowest BCUT2D eigenvalue weighted by Gasteiger charge is -2.12. The van der Waals surface area contributed by atoms with E-state index in [4.69, 9.17) is 11.0 Å². The molecule has 4 nitrogen and oxygen atoms in total. The first kappa shape index (κ1) is 13.2. The molecule has 1 atom stereocenters. The van der Waals surface area contributed by atoms with E-state index in [1.54, 1.807) is 24.3 Å². The van der Waals surface area contributed by atoms with Crippen molar-refractivity contribution < 1.29 is 4.79 Å². The Morgan fingerprint density at radius 1 is 1.59 bits per heavy atom. The zero-order valence-electron chi connectivity index (χ0n) is 9.94. The maximum Gasteiger partial charge on any atom is 0.224 e. The molecule has 1 aromatic carbocycles. The van der Waals surface area contributed by atoms with Crippen LogP contribution in [0.15, 0.2) is 24.3 Å². The molecule has 0 bridgehead atoms. The second-order valence-electron chi connectivity index (χ2n) is 3.95. The third-order valence-electron chi connectivity index (χ3n) is 2.66. The van der Waals surface area contributed by atoms with Crippen LogP contribution in [-0.4, -0.2) is 12.5 Å². The van der Waals surface area contributed by atoms with E-state index in [0.29, 0.717) is 24.2 Å². The van der Waals surface area contributed by atoms with E-state index >= 15 is 0 Å². The Labute approximate surface area is 101 Å². The van der Waals surface area contributed by atoms with Crippen molar-refractivity contribution in [1.82, 2.24) is 0 Å². The molecule has 0 aromatic heterocycles. The maximum atomic E-state index is 11.7. The Balaban J connectivity index is 2.59. The minimum Gasteiger partial charge on any atom is -0.330 e. The number of benzene rings is 1. The molecular weight excluding hydrogens is 214 g/mol. The summed E-state index contributed by atoms with van der Waals surface area (Å²) in [5.41, 5.74) is 6.74. The number of carbonyl (C=O) groups is 1. The molecule has 0 saturated carbocycles. The first-order chi connectivity index (χ1) is 8.19. The van der Waals surface area contributed by atoms with Gasteiger partial charge in [0.15, 0.2) is 0 Å². The van der Waals surface area contributed by atoms with Gasteiger partial charge in [-0.3, -0.25) is 4.79 Å². The number of nitrogens with two attached hydrogens (primary N) is 1. The van der Waals surface area contributed by atoms with Gasteiger partial charge in [0.25, 0.3) is 0 Å². The molecule has 0 aliphatic rings. The number of carbonyl (C=O) groups excluding carboxylic acids is 1. The number of hydrogen-bond donors (Lipinski definition) is 2. The van der Waals surface area contributed by atoms with Crippen molar-refractivity contribution >= 4 is 11.6 Å². The Morgan fingerprint density at radius 2 is 2.35 bits per heavy atom. The first-order valence-corrected chi connectivity index (χ1v) is 5.69. The molecule has 3 N–H and O–H groups in total. The van der Waals surface area contributed by atoms with Crippen molar-refractivity contribution in [1.29, 1.82) is 5.26 Å². The van der Waals surface area contributed by atoms with Crippen LogP contribution in [0.4, 0.5) is 5.69 Å². The Kier molecular flexibility index (Phi) is 5.18. The van der Waals surface area contributed by atoms with Gasteiger partial charge in [0.2, 0.25) is 5.91 Å². The highest BCUT2D eigenvalue weighted by atomic mass is 16.1. The fourth-order valence-electron chi connectivity index (χ4n) is 1.54. The van der Waals surface area contributed by atoms with Gasteiger partial charge in [-0.15, -0.1) is 0 Å². The minimum atomic E-state index is -0.0580. The average molecular weight is 231 g/mol. The van der Waals surface area contributed by atoms with Gasteiger partial charge in [0.05, 0.1) is 11.6 Å². The fourth-order valence-corrected chi connectivity index (χ4v) is 1.54. The molecule has 0 spiro atoms. The van der Waals surface area contributed by atoms with Crippen LogP contribution < -0.4 is 11.1 Å². The third-order valence-corrected chi connectivity index (χ3v) is 2.66. The monoisotopic (exact) mass is 231 g/mol. The van der Waals surface area contributed by atoms with E-state index in [2.05, 4.69) is 5.32 Å². The predicted octanol–water partition coefficient (Wildman–Crippen LogP) is 1.87. The molecule has 0 heterocycles. The first-order valence-electron chi connectivity index (χ1n) is 5.69. The molecule has 4 heteroatoms. The largest absolute Gasteiger partial charge is 0.330 e. The summed E-state index contributed by atoms with van der Waals surface area (Å²) in [6.45, 7) is 2.53. The van der Waals surface area contributed by atoms with Crippen molar-refractivity contribution in [2.24, 2.45) is 11.7 Å². The zero-order chi connectivity index (χ0) is 12.7. The molecule has 17 heavy (non-hydrogen) atoms. The number of anilines is 1. The van der Waals surface area contributed by atoms with Gasteiger partial charge in [0.1, 0.15) is 0 Å². The predicted molar refractivity (Wildman–Crippen MR) is 67.2 cm³/mol. The van der Waals surface area contributed by atoms with Gasteiger partial charge in [-0.2, -0.15) is 5.26 Å². The molecular formula is C13H17N3O. The van der Waals surface area contributed by atoms with Gasteiger partial charge in [-0.05, 0) is 30.7 Å². The topological polar surface area (TPSA) is 78.9 Å². The molecule has 0 aliphatic heterocycles. The smallest absolute Gasteiger partial charge is 0.224 e. The van der Waals surface area contributed by atoms with Gasteiger partial charge in [0, 0.05) is 12.1 Å². The van der Waals surface area contributed by atoms with Crippen molar-refractivity contribution in [3.8, 4) is 6.07 Å². The Morgan fingerprint density at radius 3 is 2.94 bits per heavy atom. The van der Waals surface area contributed by atoms with Crippen LogP contribution in [0.3, 0.4) is 0 Å². The van der Waals surface area contributed by atoms with E-state index in [1.807, 2.05) is 13.0 Å². The van der Waals surface area contributed by atoms with Gasteiger partial charge < -0.3 is 11.1 Å². The van der Waals surface area contributed by atoms with Crippen LogP contribution in [-0.2, 0) is 4.79 Å².